The van der Waals surface area contributed by atoms with Crippen LogP contribution in [0.3, 0.4) is 0 Å². The number of carbonyl (C=O) groups is 3. The van der Waals surface area contributed by atoms with E-state index in [2.05, 4.69) is 5.32 Å². The van der Waals surface area contributed by atoms with Gasteiger partial charge in [-0.05, 0) is 49.4 Å². The first kappa shape index (κ1) is 19.8. The molecule has 2 aromatic heterocycles. The fourth-order valence-corrected chi connectivity index (χ4v) is 3.91. The Kier molecular flexibility index (Phi) is 5.61. The molecule has 3 aromatic rings. The second-order valence-electron chi connectivity index (χ2n) is 7.45. The molecule has 0 radical (unpaired) electrons. The minimum atomic E-state index is -0.668. The third-order valence-electron chi connectivity index (χ3n) is 5.39. The third kappa shape index (κ3) is 3.96. The summed E-state index contributed by atoms with van der Waals surface area (Å²) in [5.41, 5.74) is 3.42. The Bertz CT molecular complexity index is 1130. The van der Waals surface area contributed by atoms with Crippen molar-refractivity contribution in [3.8, 4) is 0 Å². The fourth-order valence-electron chi connectivity index (χ4n) is 3.91. The molecular weight excluding hydrogens is 382 g/mol. The first-order valence-corrected chi connectivity index (χ1v) is 10.1. The average Bonchev–Trinajstić information content (AvgIpc) is 3.03. The molecule has 7 heteroatoms. The highest BCUT2D eigenvalue weighted by atomic mass is 16.5. The van der Waals surface area contributed by atoms with E-state index >= 15 is 0 Å². The number of nitrogens with one attached hydrogen (secondary N) is 1. The van der Waals surface area contributed by atoms with Crippen molar-refractivity contribution in [3.05, 3.63) is 65.1 Å². The van der Waals surface area contributed by atoms with Gasteiger partial charge in [0.05, 0.1) is 11.1 Å². The molecule has 0 saturated carbocycles. The molecule has 1 N–H and O–H groups in total. The van der Waals surface area contributed by atoms with Crippen molar-refractivity contribution < 1.29 is 19.1 Å². The smallest absolute Gasteiger partial charge is 0.339 e. The molecule has 0 aliphatic heterocycles. The number of benzene rings is 1. The van der Waals surface area contributed by atoms with Gasteiger partial charge in [-0.25, -0.2) is 4.79 Å². The van der Waals surface area contributed by atoms with Crippen molar-refractivity contribution in [2.75, 3.05) is 6.61 Å². The van der Waals surface area contributed by atoms with Crippen molar-refractivity contribution in [1.82, 2.24) is 14.9 Å². The van der Waals surface area contributed by atoms with E-state index < -0.39 is 24.4 Å². The Morgan fingerprint density at radius 3 is 2.67 bits per heavy atom. The molecule has 1 aliphatic rings. The number of esters is 1. The molecule has 0 fully saturated rings. The number of ether oxygens (including phenoxy) is 1. The van der Waals surface area contributed by atoms with Crippen LogP contribution in [0.2, 0.25) is 0 Å². The molecule has 2 heterocycles. The maximum atomic E-state index is 13.0. The van der Waals surface area contributed by atoms with Crippen LogP contribution < -0.4 is 5.32 Å². The molecule has 4 rings (SSSR count). The van der Waals surface area contributed by atoms with E-state index in [0.717, 1.165) is 54.3 Å². The van der Waals surface area contributed by atoms with Gasteiger partial charge in [-0.1, -0.05) is 24.6 Å². The van der Waals surface area contributed by atoms with Gasteiger partial charge in [-0.2, -0.15) is 0 Å². The summed E-state index contributed by atoms with van der Waals surface area (Å²) < 4.78 is 6.92. The van der Waals surface area contributed by atoms with Gasteiger partial charge in [-0.3, -0.25) is 19.9 Å². The number of pyridine rings is 1. The zero-order chi connectivity index (χ0) is 21.1. The van der Waals surface area contributed by atoms with Crippen LogP contribution in [0.1, 0.15) is 51.4 Å². The molecule has 0 spiro atoms. The number of rotatable bonds is 4. The quantitative estimate of drug-likeness (QED) is 0.532. The van der Waals surface area contributed by atoms with Crippen molar-refractivity contribution in [2.45, 2.75) is 32.1 Å². The highest BCUT2D eigenvalue weighted by Crippen LogP contribution is 2.29. The van der Waals surface area contributed by atoms with Gasteiger partial charge >= 0.3 is 5.97 Å². The van der Waals surface area contributed by atoms with Gasteiger partial charge in [-0.15, -0.1) is 0 Å². The summed E-state index contributed by atoms with van der Waals surface area (Å²) in [6.07, 6.45) is 6.40. The Hall–Kier alpha value is -3.48. The predicted octanol–water partition coefficient (Wildman–Crippen LogP) is 2.96. The number of carbonyl (C=O) groups excluding carboxylic acids is 3. The molecule has 1 aromatic carbocycles. The minimum absolute atomic E-state index is 0.347. The van der Waals surface area contributed by atoms with Gasteiger partial charge < -0.3 is 9.30 Å². The summed E-state index contributed by atoms with van der Waals surface area (Å²) in [5.74, 6) is -1.76. The van der Waals surface area contributed by atoms with Crippen LogP contribution in [-0.2, 0) is 29.4 Å². The van der Waals surface area contributed by atoms with Crippen molar-refractivity contribution in [1.29, 1.82) is 0 Å². The average molecular weight is 405 g/mol. The van der Waals surface area contributed by atoms with E-state index in [9.17, 15) is 14.4 Å². The summed E-state index contributed by atoms with van der Waals surface area (Å²) in [6, 6.07) is 10.8. The lowest BCUT2D eigenvalue weighted by molar-refractivity contribution is -0.123. The van der Waals surface area contributed by atoms with Crippen molar-refractivity contribution in [2.24, 2.45) is 7.05 Å². The van der Waals surface area contributed by atoms with E-state index in [4.69, 9.17) is 9.72 Å². The summed E-state index contributed by atoms with van der Waals surface area (Å²) in [7, 11) is 1.71. The zero-order valence-electron chi connectivity index (χ0n) is 16.8. The van der Waals surface area contributed by atoms with Crippen LogP contribution >= 0.6 is 0 Å². The number of para-hydroxylation sites is 1. The van der Waals surface area contributed by atoms with Crippen LogP contribution in [-0.4, -0.2) is 33.9 Å². The second kappa shape index (κ2) is 8.49. The molecule has 0 unspecified atom stereocenters. The minimum Gasteiger partial charge on any atom is -0.452 e. The molecule has 7 nitrogen and oxygen atoms in total. The molecule has 30 heavy (non-hydrogen) atoms. The van der Waals surface area contributed by atoms with Gasteiger partial charge in [0.15, 0.2) is 6.61 Å². The molecular formula is C23H23N3O4. The number of aromatic nitrogens is 2. The monoisotopic (exact) mass is 405 g/mol. The van der Waals surface area contributed by atoms with Crippen LogP contribution in [0.5, 0.6) is 0 Å². The number of hydrogen-bond donors (Lipinski definition) is 1. The molecule has 0 atom stereocenters. The number of amides is 2. The highest BCUT2D eigenvalue weighted by molar-refractivity contribution is 6.07. The SMILES string of the molecule is Cn1cccc1C(=O)NC(=O)COC(=O)c1c2c(nc3ccccc13)CCCCC2. The summed E-state index contributed by atoms with van der Waals surface area (Å²) in [4.78, 5) is 42.1. The number of imide groups is 1. The second-order valence-corrected chi connectivity index (χ2v) is 7.45. The topological polar surface area (TPSA) is 90.3 Å². The van der Waals surface area contributed by atoms with E-state index in [1.807, 2.05) is 24.3 Å². The normalized spacial score (nSPS) is 13.4. The van der Waals surface area contributed by atoms with Crippen LogP contribution in [0, 0.1) is 0 Å². The van der Waals surface area contributed by atoms with E-state index in [1.165, 1.54) is 0 Å². The first-order chi connectivity index (χ1) is 14.5. The summed E-state index contributed by atoms with van der Waals surface area (Å²) in [6.45, 7) is -0.527. The zero-order valence-corrected chi connectivity index (χ0v) is 16.8. The maximum Gasteiger partial charge on any atom is 0.339 e. The molecule has 2 amide bonds. The summed E-state index contributed by atoms with van der Waals surface area (Å²) in [5, 5.41) is 2.98. The largest absolute Gasteiger partial charge is 0.452 e. The lowest BCUT2D eigenvalue weighted by Gasteiger charge is -2.15. The Balaban J connectivity index is 1.53. The van der Waals surface area contributed by atoms with Gasteiger partial charge in [0.1, 0.15) is 5.69 Å². The lowest BCUT2D eigenvalue weighted by Crippen LogP contribution is -2.35. The number of nitrogens with zero attached hydrogens (tertiary/aromatic N) is 2. The standard InChI is InChI=1S/C23H23N3O4/c1-26-13-7-12-19(26)22(28)25-20(27)14-30-23(29)21-15-8-3-2-4-10-17(15)24-18-11-6-5-9-16(18)21/h5-7,9,11-13H,2-4,8,10,14H2,1H3,(H,25,27,28). The van der Waals surface area contributed by atoms with Gasteiger partial charge in [0.2, 0.25) is 0 Å². The number of aryl methyl sites for hydroxylation is 2. The molecule has 0 saturated heterocycles. The predicted molar refractivity (Wildman–Crippen MR) is 111 cm³/mol. The van der Waals surface area contributed by atoms with E-state index in [0.29, 0.717) is 11.3 Å². The molecule has 0 bridgehead atoms. The maximum absolute atomic E-state index is 13.0. The number of fused-ring (bicyclic) bond motifs is 2. The highest BCUT2D eigenvalue weighted by Gasteiger charge is 2.24. The van der Waals surface area contributed by atoms with Crippen molar-refractivity contribution >= 4 is 28.7 Å². The summed E-state index contributed by atoms with van der Waals surface area (Å²) >= 11 is 0. The Morgan fingerprint density at radius 1 is 1.07 bits per heavy atom. The Morgan fingerprint density at radius 2 is 1.87 bits per heavy atom. The van der Waals surface area contributed by atoms with Gasteiger partial charge in [0, 0.05) is 24.3 Å². The molecule has 154 valence electrons. The van der Waals surface area contributed by atoms with Gasteiger partial charge in [0.25, 0.3) is 11.8 Å². The lowest BCUT2D eigenvalue weighted by atomic mass is 9.97. The van der Waals surface area contributed by atoms with Crippen LogP contribution in [0.25, 0.3) is 10.9 Å². The third-order valence-corrected chi connectivity index (χ3v) is 5.39. The Labute approximate surface area is 174 Å². The van der Waals surface area contributed by atoms with Crippen LogP contribution in [0.15, 0.2) is 42.6 Å². The molecule has 1 aliphatic carbocycles. The van der Waals surface area contributed by atoms with Crippen molar-refractivity contribution in [3.63, 3.8) is 0 Å². The number of hydrogen-bond acceptors (Lipinski definition) is 5. The first-order valence-electron chi connectivity index (χ1n) is 10.1. The fraction of sp³-hybridized carbons (Fsp3) is 0.304. The van der Waals surface area contributed by atoms with Crippen LogP contribution in [0.4, 0.5) is 0 Å². The van der Waals surface area contributed by atoms with E-state index in [1.54, 1.807) is 29.9 Å². The van der Waals surface area contributed by atoms with E-state index in [-0.39, 0.29) is 0 Å².